The van der Waals surface area contributed by atoms with Gasteiger partial charge in [0.2, 0.25) is 0 Å². The van der Waals surface area contributed by atoms with Crippen molar-refractivity contribution in [2.45, 2.75) is 36.1 Å². The molecule has 0 saturated carbocycles. The van der Waals surface area contributed by atoms with Crippen LogP contribution in [0.3, 0.4) is 0 Å². The van der Waals surface area contributed by atoms with Crippen LogP contribution in [0.5, 0.6) is 0 Å². The Kier molecular flexibility index (Phi) is 3.99. The molecule has 0 aromatic rings. The second kappa shape index (κ2) is 4.08. The Labute approximate surface area is 119 Å². The molecule has 90 valence electrons. The Balaban J connectivity index is 3.24. The molecule has 0 spiro atoms. The molecule has 1 atom stereocenters. The largest absolute Gasteiger partial charge is 0.260 e. The molecule has 0 aromatic heterocycles. The number of halogens is 6. The zero-order valence-corrected chi connectivity index (χ0v) is 12.6. The summed E-state index contributed by atoms with van der Waals surface area (Å²) in [7, 11) is 0. The molecule has 0 radical (unpaired) electrons. The van der Waals surface area contributed by atoms with Crippen molar-refractivity contribution < 1.29 is 0 Å². The predicted molar refractivity (Wildman–Crippen MR) is 65.9 cm³/mol. The van der Waals surface area contributed by atoms with Crippen LogP contribution < -0.4 is 0 Å². The van der Waals surface area contributed by atoms with Crippen LogP contribution in [0.15, 0.2) is 0 Å². The fourth-order valence-corrected chi connectivity index (χ4v) is 3.03. The minimum absolute atomic E-state index is 0.880. The van der Waals surface area contributed by atoms with Gasteiger partial charge in [-0.05, 0) is 56.1 Å². The Morgan fingerprint density at radius 3 is 1.53 bits per heavy atom. The van der Waals surface area contributed by atoms with Gasteiger partial charge in [0, 0.05) is 0 Å². The zero-order chi connectivity index (χ0) is 12.2. The Hall–Kier alpha value is 1.62. The Bertz CT molecular complexity index is 207. The molecule has 1 unspecified atom stereocenters. The van der Waals surface area contributed by atoms with Crippen LogP contribution in [-0.4, -0.2) is 28.6 Å². The standard InChI is InChI=1S/C6H9Cl6N3/c1-4(2)13(10)5(3,7)15(12)6(8,9)14(4)11/h1-3H3. The Morgan fingerprint density at radius 1 is 0.733 bits per heavy atom. The summed E-state index contributed by atoms with van der Waals surface area (Å²) < 4.78 is 1.56. The van der Waals surface area contributed by atoms with Gasteiger partial charge in [0.15, 0.2) is 5.12 Å². The number of nitrogens with zero attached hydrogens (tertiary/aromatic N) is 3. The van der Waals surface area contributed by atoms with Gasteiger partial charge in [-0.2, -0.15) is 8.84 Å². The molecular formula is C6H9Cl6N3. The normalized spacial score (nSPS) is 38.2. The molecule has 1 heterocycles. The van der Waals surface area contributed by atoms with Crippen LogP contribution in [0.1, 0.15) is 20.8 Å². The monoisotopic (exact) mass is 333 g/mol. The summed E-state index contributed by atoms with van der Waals surface area (Å²) in [5.74, 6) is 0. The molecule has 0 aromatic carbocycles. The molecule has 3 nitrogen and oxygen atoms in total. The lowest BCUT2D eigenvalue weighted by molar-refractivity contribution is -0.0975. The topological polar surface area (TPSA) is 9.72 Å². The van der Waals surface area contributed by atoms with E-state index in [0.29, 0.717) is 0 Å². The first-order valence-corrected chi connectivity index (χ1v) is 6.06. The van der Waals surface area contributed by atoms with E-state index in [4.69, 9.17) is 70.1 Å². The van der Waals surface area contributed by atoms with E-state index in [-0.39, 0.29) is 0 Å². The number of rotatable bonds is 0. The van der Waals surface area contributed by atoms with Gasteiger partial charge < -0.3 is 0 Å². The predicted octanol–water partition coefficient (Wildman–Crippen LogP) is 4.10. The fraction of sp³-hybridized carbons (Fsp3) is 1.00. The molecule has 1 aliphatic heterocycles. The van der Waals surface area contributed by atoms with Crippen molar-refractivity contribution in [2.75, 3.05) is 0 Å². The minimum Gasteiger partial charge on any atom is -0.164 e. The molecule has 1 saturated heterocycles. The average Bonchev–Trinajstić information content (AvgIpc) is 2.12. The smallest absolute Gasteiger partial charge is 0.164 e. The van der Waals surface area contributed by atoms with E-state index in [1.807, 2.05) is 0 Å². The van der Waals surface area contributed by atoms with Crippen LogP contribution in [0.2, 0.25) is 0 Å². The summed E-state index contributed by atoms with van der Waals surface area (Å²) in [6, 6.07) is 0. The first-order valence-electron chi connectivity index (χ1n) is 3.92. The first kappa shape index (κ1) is 14.7. The van der Waals surface area contributed by atoms with E-state index < -0.39 is 15.4 Å². The summed E-state index contributed by atoms with van der Waals surface area (Å²) in [6.07, 6.45) is 0. The van der Waals surface area contributed by atoms with Gasteiger partial charge in [-0.1, -0.05) is 34.8 Å². The molecule has 1 rings (SSSR count). The third-order valence-corrected chi connectivity index (χ3v) is 5.66. The summed E-state index contributed by atoms with van der Waals surface area (Å²) in [6.45, 7) is 4.97. The third kappa shape index (κ3) is 2.05. The second-order valence-electron chi connectivity index (χ2n) is 3.75. The van der Waals surface area contributed by atoms with Gasteiger partial charge in [-0.3, -0.25) is 0 Å². The van der Waals surface area contributed by atoms with Crippen LogP contribution in [0, 0.1) is 0 Å². The number of hydrogen-bond acceptors (Lipinski definition) is 3. The highest BCUT2D eigenvalue weighted by Gasteiger charge is 2.62. The Morgan fingerprint density at radius 2 is 1.13 bits per heavy atom. The van der Waals surface area contributed by atoms with Crippen LogP contribution >= 0.6 is 70.1 Å². The van der Waals surface area contributed by atoms with E-state index in [1.54, 1.807) is 20.8 Å². The van der Waals surface area contributed by atoms with Gasteiger partial charge in [-0.25, -0.2) is 0 Å². The van der Waals surface area contributed by atoms with Crippen molar-refractivity contribution in [3.63, 3.8) is 0 Å². The van der Waals surface area contributed by atoms with E-state index in [2.05, 4.69) is 0 Å². The molecule has 15 heavy (non-hydrogen) atoms. The summed E-state index contributed by atoms with van der Waals surface area (Å²) >= 11 is 36.0. The van der Waals surface area contributed by atoms with Crippen molar-refractivity contribution in [3.8, 4) is 0 Å². The second-order valence-corrected chi connectivity index (χ2v) is 6.73. The highest BCUT2D eigenvalue weighted by atomic mass is 35.5. The minimum atomic E-state index is -1.67. The van der Waals surface area contributed by atoms with Gasteiger partial charge in [0.1, 0.15) is 5.66 Å². The van der Waals surface area contributed by atoms with E-state index in [9.17, 15) is 0 Å². The lowest BCUT2D eigenvalue weighted by Gasteiger charge is -2.58. The van der Waals surface area contributed by atoms with E-state index >= 15 is 0 Å². The first-order chi connectivity index (χ1) is 6.46. The SMILES string of the molecule is CC1(C)N(Cl)C(C)(Cl)N(Cl)C(Cl)(Cl)N1Cl. The molecule has 0 N–H and O–H groups in total. The fourth-order valence-electron chi connectivity index (χ4n) is 1.31. The van der Waals surface area contributed by atoms with Gasteiger partial charge >= 0.3 is 0 Å². The highest BCUT2D eigenvalue weighted by molar-refractivity contribution is 6.52. The van der Waals surface area contributed by atoms with E-state index in [1.165, 1.54) is 4.42 Å². The molecular weight excluding hydrogens is 327 g/mol. The maximum absolute atomic E-state index is 6.14. The maximum Gasteiger partial charge on any atom is 0.260 e. The van der Waals surface area contributed by atoms with Crippen LogP contribution in [0.4, 0.5) is 0 Å². The third-order valence-electron chi connectivity index (χ3n) is 2.15. The molecule has 0 amide bonds. The molecule has 1 aliphatic rings. The summed E-state index contributed by atoms with van der Waals surface area (Å²) in [4.78, 5) is 0. The lowest BCUT2D eigenvalue weighted by atomic mass is 10.2. The van der Waals surface area contributed by atoms with Crippen molar-refractivity contribution in [1.29, 1.82) is 0 Å². The average molecular weight is 336 g/mol. The molecule has 1 fully saturated rings. The van der Waals surface area contributed by atoms with Gasteiger partial charge in [-0.15, -0.1) is 4.42 Å². The van der Waals surface area contributed by atoms with Crippen LogP contribution in [0.25, 0.3) is 0 Å². The van der Waals surface area contributed by atoms with Gasteiger partial charge in [0.05, 0.1) is 0 Å². The van der Waals surface area contributed by atoms with Crippen molar-refractivity contribution in [1.82, 2.24) is 13.3 Å². The lowest BCUT2D eigenvalue weighted by Crippen LogP contribution is -2.73. The maximum atomic E-state index is 6.14. The molecule has 0 bridgehead atoms. The van der Waals surface area contributed by atoms with Crippen molar-refractivity contribution >= 4 is 70.1 Å². The number of hydrogen-bond donors (Lipinski definition) is 0. The van der Waals surface area contributed by atoms with Crippen LogP contribution in [-0.2, 0) is 0 Å². The molecule has 0 aliphatic carbocycles. The quantitative estimate of drug-likeness (QED) is 0.375. The number of alkyl halides is 3. The van der Waals surface area contributed by atoms with E-state index in [0.717, 1.165) is 8.84 Å². The van der Waals surface area contributed by atoms with Gasteiger partial charge in [0.25, 0.3) is 4.58 Å². The highest BCUT2D eigenvalue weighted by Crippen LogP contribution is 2.53. The van der Waals surface area contributed by atoms with Crippen molar-refractivity contribution in [2.24, 2.45) is 0 Å². The summed E-state index contributed by atoms with van der Waals surface area (Å²) in [5, 5.41) is -1.28. The summed E-state index contributed by atoms with van der Waals surface area (Å²) in [5.41, 5.74) is -0.880. The zero-order valence-electron chi connectivity index (χ0n) is 8.11. The molecule has 9 heteroatoms. The van der Waals surface area contributed by atoms with Crippen molar-refractivity contribution in [3.05, 3.63) is 0 Å².